The van der Waals surface area contributed by atoms with Gasteiger partial charge in [0, 0.05) is 5.56 Å². The molecule has 34 heavy (non-hydrogen) atoms. The number of ketones is 1. The normalized spacial score (nSPS) is 10.9. The number of carbonyl (C=O) groups is 3. The maximum absolute atomic E-state index is 11.7. The van der Waals surface area contributed by atoms with Gasteiger partial charge in [0.15, 0.2) is 5.78 Å². The molecule has 0 aliphatic carbocycles. The fraction of sp³-hybridized carbons (Fsp3) is 0.304. The van der Waals surface area contributed by atoms with E-state index < -0.39 is 18.0 Å². The van der Waals surface area contributed by atoms with Crippen LogP contribution >= 0.6 is 0 Å². The minimum absolute atomic E-state index is 0. The molecular weight excluding hydrogens is 455 g/mol. The number of carboxylic acid groups (broad SMARTS) is 1. The van der Waals surface area contributed by atoms with Gasteiger partial charge in [-0.2, -0.15) is 5.26 Å². The van der Waals surface area contributed by atoms with Gasteiger partial charge < -0.3 is 31.5 Å². The number of nitrogens with zero attached hydrogens (tertiary/aromatic N) is 1. The summed E-state index contributed by atoms with van der Waals surface area (Å²) in [4.78, 5) is 33.8. The van der Waals surface area contributed by atoms with E-state index >= 15 is 0 Å². The van der Waals surface area contributed by atoms with Crippen LogP contribution in [0.2, 0.25) is 0 Å². The molecule has 0 aromatic heterocycles. The first-order valence-electron chi connectivity index (χ1n) is 10.1. The third-order valence-electron chi connectivity index (χ3n) is 4.56. The molecule has 1 atom stereocenters. The van der Waals surface area contributed by atoms with Crippen LogP contribution in [0.15, 0.2) is 30.3 Å². The van der Waals surface area contributed by atoms with E-state index in [9.17, 15) is 29.9 Å². The van der Waals surface area contributed by atoms with E-state index in [0.29, 0.717) is 24.2 Å². The standard InChI is InChI=1S/C23H24N2O8.Na.H/c1-3-5-16-20(9-8-15(13(2)26)21(16)28)33-12-14(27)11-32-19-7-4-6-18(17(19)10-24)25-22(29)23(30)31;;/h4,6-9,14,27-28H,3,5,11-12H2,1-2H3,(H,25,29)(H,30,31);;/q;+1;-1. The Hall–Kier alpha value is -3.10. The van der Waals surface area contributed by atoms with E-state index in [1.54, 1.807) is 6.07 Å². The molecule has 0 saturated carbocycles. The second kappa shape index (κ2) is 13.6. The van der Waals surface area contributed by atoms with E-state index in [0.717, 1.165) is 0 Å². The average Bonchev–Trinajstić information content (AvgIpc) is 2.77. The zero-order valence-electron chi connectivity index (χ0n) is 20.1. The molecule has 0 fully saturated rings. The molecule has 1 amide bonds. The van der Waals surface area contributed by atoms with Crippen molar-refractivity contribution in [2.24, 2.45) is 0 Å². The Labute approximate surface area is 219 Å². The van der Waals surface area contributed by atoms with Crippen molar-refractivity contribution in [1.82, 2.24) is 0 Å². The number of anilines is 1. The maximum Gasteiger partial charge on any atom is 1.00 e. The van der Waals surface area contributed by atoms with Crippen LogP contribution in [-0.2, 0) is 16.0 Å². The Morgan fingerprint density at radius 3 is 2.35 bits per heavy atom. The molecule has 2 aromatic carbocycles. The maximum atomic E-state index is 11.7. The van der Waals surface area contributed by atoms with Crippen LogP contribution in [0, 0.1) is 11.3 Å². The molecule has 0 aliphatic heterocycles. The van der Waals surface area contributed by atoms with Gasteiger partial charge in [0.2, 0.25) is 0 Å². The van der Waals surface area contributed by atoms with Gasteiger partial charge in [0.05, 0.1) is 11.3 Å². The number of Topliss-reactive ketones (excluding diaryl/α,β-unsaturated/α-hetero) is 1. The summed E-state index contributed by atoms with van der Waals surface area (Å²) in [6.45, 7) is 2.79. The number of hydrogen-bond acceptors (Lipinski definition) is 8. The van der Waals surface area contributed by atoms with Crippen LogP contribution in [0.5, 0.6) is 17.2 Å². The van der Waals surface area contributed by atoms with Crippen LogP contribution in [0.4, 0.5) is 5.69 Å². The smallest absolute Gasteiger partial charge is 1.00 e. The Bertz CT molecular complexity index is 1100. The largest absolute Gasteiger partial charge is 1.00 e. The topological polar surface area (TPSA) is 166 Å². The van der Waals surface area contributed by atoms with Crippen LogP contribution < -0.4 is 44.3 Å². The Balaban J connectivity index is 0.00000578. The number of phenolic OH excluding ortho intramolecular Hbond substituents is 1. The molecule has 176 valence electrons. The molecule has 0 saturated heterocycles. The molecule has 2 aromatic rings. The molecule has 0 spiro atoms. The van der Waals surface area contributed by atoms with Crippen molar-refractivity contribution in [2.75, 3.05) is 18.5 Å². The minimum atomic E-state index is -1.71. The summed E-state index contributed by atoms with van der Waals surface area (Å²) in [5, 5.41) is 40.8. The number of benzene rings is 2. The van der Waals surface area contributed by atoms with Gasteiger partial charge in [0.25, 0.3) is 0 Å². The number of aromatic hydroxyl groups is 1. The van der Waals surface area contributed by atoms with Gasteiger partial charge in [0.1, 0.15) is 48.2 Å². The summed E-state index contributed by atoms with van der Waals surface area (Å²) in [6.07, 6.45) is 0.0377. The van der Waals surface area contributed by atoms with Gasteiger partial charge in [-0.25, -0.2) is 4.79 Å². The summed E-state index contributed by atoms with van der Waals surface area (Å²) in [6, 6.07) is 9.06. The van der Waals surface area contributed by atoms with Gasteiger partial charge in [-0.15, -0.1) is 0 Å². The number of rotatable bonds is 10. The van der Waals surface area contributed by atoms with Crippen molar-refractivity contribution in [1.29, 1.82) is 5.26 Å². The number of hydrogen-bond donors (Lipinski definition) is 4. The first kappa shape index (κ1) is 28.9. The molecule has 2 rings (SSSR count). The van der Waals surface area contributed by atoms with Crippen molar-refractivity contribution < 1.29 is 70.2 Å². The quantitative estimate of drug-likeness (QED) is 0.197. The monoisotopic (exact) mass is 480 g/mol. The summed E-state index contributed by atoms with van der Waals surface area (Å²) in [5.74, 6) is -3.07. The van der Waals surface area contributed by atoms with E-state index in [4.69, 9.17) is 14.6 Å². The number of aliphatic hydroxyl groups excluding tert-OH is 1. The zero-order valence-corrected chi connectivity index (χ0v) is 21.1. The van der Waals surface area contributed by atoms with Crippen LogP contribution in [-0.4, -0.2) is 52.3 Å². The third-order valence-corrected chi connectivity index (χ3v) is 4.56. The van der Waals surface area contributed by atoms with Gasteiger partial charge >= 0.3 is 41.4 Å². The Morgan fingerprint density at radius 1 is 1.15 bits per heavy atom. The first-order valence-corrected chi connectivity index (χ1v) is 10.1. The molecule has 11 heteroatoms. The number of ether oxygens (including phenoxy) is 2. The van der Waals surface area contributed by atoms with Crippen molar-refractivity contribution >= 4 is 23.3 Å². The van der Waals surface area contributed by atoms with E-state index in [-0.39, 0.29) is 78.3 Å². The van der Waals surface area contributed by atoms with Crippen molar-refractivity contribution in [3.05, 3.63) is 47.0 Å². The number of phenols is 1. The van der Waals surface area contributed by atoms with E-state index in [2.05, 4.69) is 5.32 Å². The molecule has 1 unspecified atom stereocenters. The van der Waals surface area contributed by atoms with Crippen molar-refractivity contribution in [3.8, 4) is 23.3 Å². The summed E-state index contributed by atoms with van der Waals surface area (Å²) < 4.78 is 11.1. The van der Waals surface area contributed by atoms with Gasteiger partial charge in [-0.05, 0) is 37.6 Å². The van der Waals surface area contributed by atoms with Crippen LogP contribution in [0.25, 0.3) is 0 Å². The number of carbonyl (C=O) groups excluding carboxylic acids is 2. The SMILES string of the molecule is CCCc1c(OCC(O)COc2cccc(NC(=O)C(=O)O)c2C#N)ccc(C(C)=O)c1O.[H-].[Na+]. The fourth-order valence-corrected chi connectivity index (χ4v) is 3.00. The fourth-order valence-electron chi connectivity index (χ4n) is 3.00. The van der Waals surface area contributed by atoms with Crippen molar-refractivity contribution in [2.45, 2.75) is 32.8 Å². The molecule has 0 heterocycles. The average molecular weight is 480 g/mol. The number of amides is 1. The number of carboxylic acids is 1. The number of nitrogens with one attached hydrogen (secondary N) is 1. The predicted molar refractivity (Wildman–Crippen MR) is 118 cm³/mol. The second-order valence-electron chi connectivity index (χ2n) is 7.07. The van der Waals surface area contributed by atoms with Gasteiger partial charge in [-0.3, -0.25) is 9.59 Å². The molecule has 4 N–H and O–H groups in total. The Morgan fingerprint density at radius 2 is 1.79 bits per heavy atom. The van der Waals surface area contributed by atoms with Crippen LogP contribution in [0.3, 0.4) is 0 Å². The van der Waals surface area contributed by atoms with Crippen molar-refractivity contribution in [3.63, 3.8) is 0 Å². The first-order chi connectivity index (χ1) is 15.7. The van der Waals surface area contributed by atoms with Crippen LogP contribution in [0.1, 0.15) is 43.2 Å². The molecule has 0 aliphatic rings. The second-order valence-corrected chi connectivity index (χ2v) is 7.07. The number of aliphatic carboxylic acids is 1. The van der Waals surface area contributed by atoms with Gasteiger partial charge in [-0.1, -0.05) is 19.4 Å². The minimum Gasteiger partial charge on any atom is -1.00 e. The third kappa shape index (κ3) is 7.46. The molecule has 0 radical (unpaired) electrons. The summed E-state index contributed by atoms with van der Waals surface area (Å²) in [7, 11) is 0. The Kier molecular flexibility index (Phi) is 11.5. The predicted octanol–water partition coefficient (Wildman–Crippen LogP) is -0.623. The zero-order chi connectivity index (χ0) is 24.5. The number of nitriles is 1. The molecular formula is C23H25N2NaO8. The summed E-state index contributed by atoms with van der Waals surface area (Å²) >= 11 is 0. The van der Waals surface area contributed by atoms with E-state index in [1.807, 2.05) is 13.0 Å². The molecule has 0 bridgehead atoms. The number of aliphatic hydroxyl groups is 1. The van der Waals surface area contributed by atoms with E-state index in [1.165, 1.54) is 31.2 Å². The molecule has 10 nitrogen and oxygen atoms in total. The summed E-state index contributed by atoms with van der Waals surface area (Å²) in [5.41, 5.74) is 0.508.